The third-order valence-electron chi connectivity index (χ3n) is 3.87. The van der Waals surface area contributed by atoms with Gasteiger partial charge in [0, 0.05) is 30.4 Å². The van der Waals surface area contributed by atoms with Crippen molar-refractivity contribution in [1.29, 1.82) is 0 Å². The number of rotatable bonds is 2. The quantitative estimate of drug-likeness (QED) is 0.895. The van der Waals surface area contributed by atoms with Crippen LogP contribution in [0.3, 0.4) is 0 Å². The Morgan fingerprint density at radius 3 is 2.50 bits per heavy atom. The van der Waals surface area contributed by atoms with Gasteiger partial charge < -0.3 is 19.5 Å². The highest BCUT2D eigenvalue weighted by atomic mass is 79.9. The summed E-state index contributed by atoms with van der Waals surface area (Å²) in [5.41, 5.74) is 1.08. The normalized spacial score (nSPS) is 21.4. The standard InChI is InChI=1S/C14H16BrNO4/c15-10-1-2-11(13(17)18)12(9-10)16-5-3-14(4-6-16)19-7-8-20-14/h1-2,9H,3-8H2,(H,17,18). The van der Waals surface area contributed by atoms with Crippen molar-refractivity contribution in [2.45, 2.75) is 18.6 Å². The molecule has 0 saturated carbocycles. The molecule has 1 aromatic carbocycles. The fourth-order valence-corrected chi connectivity index (χ4v) is 3.17. The van der Waals surface area contributed by atoms with Crippen molar-refractivity contribution in [2.24, 2.45) is 0 Å². The number of hydrogen-bond donors (Lipinski definition) is 1. The van der Waals surface area contributed by atoms with Crippen molar-refractivity contribution in [3.05, 3.63) is 28.2 Å². The lowest BCUT2D eigenvalue weighted by Gasteiger charge is -2.39. The number of piperidine rings is 1. The van der Waals surface area contributed by atoms with Crippen molar-refractivity contribution in [1.82, 2.24) is 0 Å². The van der Waals surface area contributed by atoms with Gasteiger partial charge in [-0.1, -0.05) is 15.9 Å². The molecular formula is C14H16BrNO4. The number of aromatic carboxylic acids is 1. The van der Waals surface area contributed by atoms with Gasteiger partial charge in [-0.2, -0.15) is 0 Å². The molecule has 6 heteroatoms. The van der Waals surface area contributed by atoms with E-state index >= 15 is 0 Å². The maximum absolute atomic E-state index is 11.3. The number of anilines is 1. The Labute approximate surface area is 125 Å². The molecule has 20 heavy (non-hydrogen) atoms. The average Bonchev–Trinajstić information content (AvgIpc) is 2.87. The van der Waals surface area contributed by atoms with Gasteiger partial charge in [-0.05, 0) is 18.2 Å². The summed E-state index contributed by atoms with van der Waals surface area (Å²) in [7, 11) is 0. The third kappa shape index (κ3) is 2.55. The Morgan fingerprint density at radius 1 is 1.25 bits per heavy atom. The molecule has 2 fully saturated rings. The van der Waals surface area contributed by atoms with Gasteiger partial charge in [0.2, 0.25) is 0 Å². The number of carboxylic acids is 1. The SMILES string of the molecule is O=C(O)c1ccc(Br)cc1N1CCC2(CC1)OCCO2. The number of carboxylic acid groups (broad SMARTS) is 1. The highest BCUT2D eigenvalue weighted by molar-refractivity contribution is 9.10. The maximum atomic E-state index is 11.3. The van der Waals surface area contributed by atoms with E-state index in [-0.39, 0.29) is 0 Å². The molecule has 1 aromatic rings. The maximum Gasteiger partial charge on any atom is 0.337 e. The van der Waals surface area contributed by atoms with E-state index in [0.29, 0.717) is 18.8 Å². The van der Waals surface area contributed by atoms with Crippen LogP contribution in [0, 0.1) is 0 Å². The predicted octanol–water partition coefficient (Wildman–Crippen LogP) is 2.49. The van der Waals surface area contributed by atoms with Crippen molar-refractivity contribution in [3.63, 3.8) is 0 Å². The molecule has 0 bridgehead atoms. The molecule has 2 saturated heterocycles. The molecule has 2 heterocycles. The van der Waals surface area contributed by atoms with E-state index in [1.807, 2.05) is 6.07 Å². The first-order valence-electron chi connectivity index (χ1n) is 6.65. The molecular weight excluding hydrogens is 326 g/mol. The van der Waals surface area contributed by atoms with Crippen LogP contribution < -0.4 is 4.90 Å². The summed E-state index contributed by atoms with van der Waals surface area (Å²) in [6.45, 7) is 2.77. The van der Waals surface area contributed by atoms with Gasteiger partial charge in [0.1, 0.15) is 0 Å². The molecule has 0 atom stereocenters. The van der Waals surface area contributed by atoms with E-state index in [1.165, 1.54) is 0 Å². The van der Waals surface area contributed by atoms with Gasteiger partial charge in [-0.3, -0.25) is 0 Å². The Kier molecular flexibility index (Phi) is 3.70. The van der Waals surface area contributed by atoms with Crippen molar-refractivity contribution < 1.29 is 19.4 Å². The topological polar surface area (TPSA) is 59.0 Å². The van der Waals surface area contributed by atoms with Crippen LogP contribution in [0.15, 0.2) is 22.7 Å². The average molecular weight is 342 g/mol. The number of nitrogens with zero attached hydrogens (tertiary/aromatic N) is 1. The second kappa shape index (κ2) is 5.35. The van der Waals surface area contributed by atoms with Gasteiger partial charge in [-0.15, -0.1) is 0 Å². The highest BCUT2D eigenvalue weighted by Gasteiger charge is 2.40. The molecule has 3 rings (SSSR count). The Balaban J connectivity index is 1.80. The minimum atomic E-state index is -0.902. The Hall–Kier alpha value is -1.11. The first-order valence-corrected chi connectivity index (χ1v) is 7.45. The predicted molar refractivity (Wildman–Crippen MR) is 77.2 cm³/mol. The lowest BCUT2D eigenvalue weighted by Crippen LogP contribution is -2.45. The van der Waals surface area contributed by atoms with Gasteiger partial charge in [0.15, 0.2) is 5.79 Å². The molecule has 5 nitrogen and oxygen atoms in total. The van der Waals surface area contributed by atoms with Crippen LogP contribution in [-0.4, -0.2) is 43.2 Å². The van der Waals surface area contributed by atoms with Crippen molar-refractivity contribution in [3.8, 4) is 0 Å². The van der Waals surface area contributed by atoms with Gasteiger partial charge in [0.25, 0.3) is 0 Å². The Bertz CT molecular complexity index is 518. The van der Waals surface area contributed by atoms with Gasteiger partial charge in [0.05, 0.1) is 24.5 Å². The van der Waals surface area contributed by atoms with Crippen LogP contribution >= 0.6 is 15.9 Å². The lowest BCUT2D eigenvalue weighted by molar-refractivity contribution is -0.169. The molecule has 0 radical (unpaired) electrons. The minimum absolute atomic E-state index is 0.331. The van der Waals surface area contributed by atoms with Gasteiger partial charge >= 0.3 is 5.97 Å². The van der Waals surface area contributed by atoms with E-state index < -0.39 is 11.8 Å². The number of benzene rings is 1. The molecule has 2 aliphatic rings. The molecule has 1 N–H and O–H groups in total. The minimum Gasteiger partial charge on any atom is -0.478 e. The zero-order valence-electron chi connectivity index (χ0n) is 11.0. The van der Waals surface area contributed by atoms with Crippen LogP contribution in [0.5, 0.6) is 0 Å². The summed E-state index contributed by atoms with van der Waals surface area (Å²) in [4.78, 5) is 13.4. The molecule has 0 aromatic heterocycles. The fourth-order valence-electron chi connectivity index (χ4n) is 2.82. The third-order valence-corrected chi connectivity index (χ3v) is 4.36. The largest absolute Gasteiger partial charge is 0.478 e. The summed E-state index contributed by atoms with van der Waals surface area (Å²) in [6.07, 6.45) is 1.52. The van der Waals surface area contributed by atoms with Crippen LogP contribution in [0.4, 0.5) is 5.69 Å². The van der Waals surface area contributed by atoms with Crippen LogP contribution in [0.1, 0.15) is 23.2 Å². The first-order chi connectivity index (χ1) is 9.60. The smallest absolute Gasteiger partial charge is 0.337 e. The van der Waals surface area contributed by atoms with E-state index in [0.717, 1.165) is 36.1 Å². The lowest BCUT2D eigenvalue weighted by atomic mass is 10.0. The fraction of sp³-hybridized carbons (Fsp3) is 0.500. The van der Waals surface area contributed by atoms with Crippen LogP contribution in [0.2, 0.25) is 0 Å². The van der Waals surface area contributed by atoms with E-state index in [2.05, 4.69) is 20.8 Å². The first kappa shape index (κ1) is 13.9. The number of hydrogen-bond acceptors (Lipinski definition) is 4. The molecule has 108 valence electrons. The van der Waals surface area contributed by atoms with Crippen molar-refractivity contribution in [2.75, 3.05) is 31.2 Å². The summed E-state index contributed by atoms with van der Waals surface area (Å²) < 4.78 is 12.3. The molecule has 1 spiro atoms. The van der Waals surface area contributed by atoms with E-state index in [1.54, 1.807) is 12.1 Å². The summed E-state index contributed by atoms with van der Waals surface area (Å²) in [5, 5.41) is 9.30. The van der Waals surface area contributed by atoms with Crippen LogP contribution in [-0.2, 0) is 9.47 Å². The number of halogens is 1. The van der Waals surface area contributed by atoms with E-state index in [9.17, 15) is 9.90 Å². The van der Waals surface area contributed by atoms with E-state index in [4.69, 9.17) is 9.47 Å². The highest BCUT2D eigenvalue weighted by Crippen LogP contribution is 2.35. The number of ether oxygens (including phenoxy) is 2. The number of carbonyl (C=O) groups is 1. The monoisotopic (exact) mass is 341 g/mol. The van der Waals surface area contributed by atoms with Crippen molar-refractivity contribution >= 4 is 27.6 Å². The van der Waals surface area contributed by atoms with Crippen LogP contribution in [0.25, 0.3) is 0 Å². The second-order valence-electron chi connectivity index (χ2n) is 5.06. The molecule has 0 unspecified atom stereocenters. The zero-order chi connectivity index (χ0) is 14.2. The second-order valence-corrected chi connectivity index (χ2v) is 5.98. The zero-order valence-corrected chi connectivity index (χ0v) is 12.6. The summed E-state index contributed by atoms with van der Waals surface area (Å²) >= 11 is 3.40. The van der Waals surface area contributed by atoms with Gasteiger partial charge in [-0.25, -0.2) is 4.79 Å². The molecule has 0 amide bonds. The summed E-state index contributed by atoms with van der Waals surface area (Å²) in [5.74, 6) is -1.34. The Morgan fingerprint density at radius 2 is 1.90 bits per heavy atom. The summed E-state index contributed by atoms with van der Waals surface area (Å²) in [6, 6.07) is 5.24. The molecule has 0 aliphatic carbocycles. The molecule has 2 aliphatic heterocycles.